The minimum Gasteiger partial charge on any atom is -0.396 e. The summed E-state index contributed by atoms with van der Waals surface area (Å²) in [6, 6.07) is 8.42. The van der Waals surface area contributed by atoms with Crippen LogP contribution in [0.2, 0.25) is 0 Å². The zero-order valence-corrected chi connectivity index (χ0v) is 16.4. The van der Waals surface area contributed by atoms with Gasteiger partial charge in [-0.05, 0) is 30.9 Å². The number of piperazine rings is 1. The van der Waals surface area contributed by atoms with E-state index in [4.69, 9.17) is 0 Å². The van der Waals surface area contributed by atoms with Gasteiger partial charge in [0.2, 0.25) is 0 Å². The first-order chi connectivity index (χ1) is 12.4. The van der Waals surface area contributed by atoms with E-state index in [0.29, 0.717) is 18.9 Å². The quantitative estimate of drug-likeness (QED) is 0.895. The van der Waals surface area contributed by atoms with Gasteiger partial charge < -0.3 is 14.6 Å². The van der Waals surface area contributed by atoms with Crippen molar-refractivity contribution < 1.29 is 9.90 Å². The maximum absolute atomic E-state index is 13.2. The fourth-order valence-corrected chi connectivity index (χ4v) is 4.20. The Bertz CT molecular complexity index is 781. The van der Waals surface area contributed by atoms with E-state index in [9.17, 15) is 9.90 Å². The lowest BCUT2D eigenvalue weighted by Gasteiger charge is -2.42. The highest BCUT2D eigenvalue weighted by atomic mass is 16.3. The van der Waals surface area contributed by atoms with Gasteiger partial charge in [-0.1, -0.05) is 32.0 Å². The van der Waals surface area contributed by atoms with E-state index in [-0.39, 0.29) is 18.6 Å². The lowest BCUT2D eigenvalue weighted by molar-refractivity contribution is 0.0378. The van der Waals surface area contributed by atoms with E-state index in [1.54, 1.807) is 0 Å². The van der Waals surface area contributed by atoms with E-state index in [1.807, 2.05) is 28.6 Å². The molecule has 5 heteroatoms. The molecule has 0 bridgehead atoms. The van der Waals surface area contributed by atoms with Crippen LogP contribution < -0.4 is 0 Å². The highest BCUT2D eigenvalue weighted by Crippen LogP contribution is 2.24. The standard InChI is InChI=1S/C21H31N3O2/c1-15(2)13-23-9-10-24(14-18(23)8-11-25)21(26)19-12-17-7-5-6-16(3)20(17)22(19)4/h5-7,12,15,18,25H,8-11,13-14H2,1-4H3. The number of carbonyl (C=O) groups excluding carboxylic acids is 1. The van der Waals surface area contributed by atoms with Gasteiger partial charge >= 0.3 is 0 Å². The van der Waals surface area contributed by atoms with Crippen molar-refractivity contribution in [3.8, 4) is 0 Å². The minimum atomic E-state index is 0.0928. The predicted octanol–water partition coefficient (Wildman–Crippen LogP) is 2.65. The molecule has 1 fully saturated rings. The van der Waals surface area contributed by atoms with E-state index < -0.39 is 0 Å². The van der Waals surface area contributed by atoms with Gasteiger partial charge in [0.05, 0.1) is 5.52 Å². The summed E-state index contributed by atoms with van der Waals surface area (Å²) in [5.74, 6) is 0.676. The lowest BCUT2D eigenvalue weighted by atomic mass is 10.1. The molecule has 3 rings (SSSR count). The Morgan fingerprint density at radius 1 is 1.31 bits per heavy atom. The van der Waals surface area contributed by atoms with Crippen molar-refractivity contribution in [2.75, 3.05) is 32.8 Å². The van der Waals surface area contributed by atoms with Crippen LogP contribution in [0.15, 0.2) is 24.3 Å². The molecule has 1 amide bonds. The summed E-state index contributed by atoms with van der Waals surface area (Å²) < 4.78 is 2.02. The van der Waals surface area contributed by atoms with Gasteiger partial charge in [-0.2, -0.15) is 0 Å². The normalized spacial score (nSPS) is 18.8. The van der Waals surface area contributed by atoms with Crippen molar-refractivity contribution in [3.63, 3.8) is 0 Å². The summed E-state index contributed by atoms with van der Waals surface area (Å²) in [6.45, 7) is 9.99. The van der Waals surface area contributed by atoms with Crippen molar-refractivity contribution in [2.45, 2.75) is 33.2 Å². The molecule has 0 radical (unpaired) electrons. The molecular formula is C21H31N3O2. The second kappa shape index (κ2) is 7.80. The molecule has 2 aromatic rings. The van der Waals surface area contributed by atoms with Crippen molar-refractivity contribution in [3.05, 3.63) is 35.5 Å². The van der Waals surface area contributed by atoms with Crippen LogP contribution in [0.1, 0.15) is 36.3 Å². The fraction of sp³-hybridized carbons (Fsp3) is 0.571. The van der Waals surface area contributed by atoms with Crippen molar-refractivity contribution in [1.82, 2.24) is 14.4 Å². The van der Waals surface area contributed by atoms with Crippen LogP contribution in [0.25, 0.3) is 10.9 Å². The first kappa shape index (κ1) is 18.9. The van der Waals surface area contributed by atoms with E-state index >= 15 is 0 Å². The Labute approximate surface area is 156 Å². The highest BCUT2D eigenvalue weighted by Gasteiger charge is 2.31. The number of para-hydroxylation sites is 1. The molecule has 1 unspecified atom stereocenters. The number of nitrogens with zero attached hydrogens (tertiary/aromatic N) is 3. The number of carbonyl (C=O) groups is 1. The number of aliphatic hydroxyl groups excluding tert-OH is 1. The number of benzene rings is 1. The average molecular weight is 357 g/mol. The maximum Gasteiger partial charge on any atom is 0.270 e. The van der Waals surface area contributed by atoms with Gasteiger partial charge in [0.1, 0.15) is 5.69 Å². The average Bonchev–Trinajstić information content (AvgIpc) is 2.94. The highest BCUT2D eigenvalue weighted by molar-refractivity contribution is 5.99. The van der Waals surface area contributed by atoms with Gasteiger partial charge in [0.15, 0.2) is 0 Å². The lowest BCUT2D eigenvalue weighted by Crippen LogP contribution is -2.55. The van der Waals surface area contributed by atoms with E-state index in [0.717, 1.165) is 36.2 Å². The molecule has 2 heterocycles. The number of aromatic nitrogens is 1. The van der Waals surface area contributed by atoms with Gasteiger partial charge in [-0.3, -0.25) is 9.69 Å². The van der Waals surface area contributed by atoms with Gasteiger partial charge in [0.25, 0.3) is 5.91 Å². The first-order valence-electron chi connectivity index (χ1n) is 9.61. The number of fused-ring (bicyclic) bond motifs is 1. The summed E-state index contributed by atoms with van der Waals surface area (Å²) in [6.07, 6.45) is 0.713. The van der Waals surface area contributed by atoms with Gasteiger partial charge in [-0.25, -0.2) is 0 Å². The second-order valence-corrected chi connectivity index (χ2v) is 7.91. The van der Waals surface area contributed by atoms with Crippen LogP contribution in [-0.2, 0) is 7.05 Å². The maximum atomic E-state index is 13.2. The fourth-order valence-electron chi connectivity index (χ4n) is 4.20. The molecular weight excluding hydrogens is 326 g/mol. The van der Waals surface area contributed by atoms with E-state index in [1.165, 1.54) is 5.56 Å². The molecule has 1 aliphatic heterocycles. The monoisotopic (exact) mass is 357 g/mol. The largest absolute Gasteiger partial charge is 0.396 e. The number of hydrogen-bond acceptors (Lipinski definition) is 3. The number of aryl methyl sites for hydroxylation is 2. The molecule has 1 N–H and O–H groups in total. The summed E-state index contributed by atoms with van der Waals surface area (Å²) in [4.78, 5) is 17.6. The molecule has 0 saturated carbocycles. The molecule has 1 saturated heterocycles. The zero-order chi connectivity index (χ0) is 18.8. The number of rotatable bonds is 5. The summed E-state index contributed by atoms with van der Waals surface area (Å²) in [5, 5.41) is 10.6. The molecule has 1 atom stereocenters. The predicted molar refractivity (Wildman–Crippen MR) is 105 cm³/mol. The number of aliphatic hydroxyl groups is 1. The summed E-state index contributed by atoms with van der Waals surface area (Å²) >= 11 is 0. The Kier molecular flexibility index (Phi) is 5.68. The van der Waals surface area contributed by atoms with Crippen LogP contribution in [0.5, 0.6) is 0 Å². The SMILES string of the molecule is Cc1cccc2cc(C(=O)N3CCN(CC(C)C)C(CCO)C3)n(C)c12. The molecule has 5 nitrogen and oxygen atoms in total. The first-order valence-corrected chi connectivity index (χ1v) is 9.61. The van der Waals surface area contributed by atoms with Gasteiger partial charge in [-0.15, -0.1) is 0 Å². The molecule has 0 aliphatic carbocycles. The van der Waals surface area contributed by atoms with Crippen LogP contribution in [0, 0.1) is 12.8 Å². The topological polar surface area (TPSA) is 48.7 Å². The third-order valence-electron chi connectivity index (χ3n) is 5.43. The van der Waals surface area contributed by atoms with Crippen LogP contribution in [0.4, 0.5) is 0 Å². The Balaban J connectivity index is 1.82. The Morgan fingerprint density at radius 3 is 2.73 bits per heavy atom. The van der Waals surface area contributed by atoms with E-state index in [2.05, 4.69) is 37.8 Å². The molecule has 0 spiro atoms. The molecule has 26 heavy (non-hydrogen) atoms. The summed E-state index contributed by atoms with van der Waals surface area (Å²) in [7, 11) is 1.97. The third-order valence-corrected chi connectivity index (χ3v) is 5.43. The van der Waals surface area contributed by atoms with Crippen molar-refractivity contribution >= 4 is 16.8 Å². The molecule has 1 aromatic heterocycles. The molecule has 142 valence electrons. The second-order valence-electron chi connectivity index (χ2n) is 7.91. The van der Waals surface area contributed by atoms with Crippen molar-refractivity contribution in [1.29, 1.82) is 0 Å². The number of hydrogen-bond donors (Lipinski definition) is 1. The molecule has 1 aromatic carbocycles. The van der Waals surface area contributed by atoms with Crippen LogP contribution >= 0.6 is 0 Å². The van der Waals surface area contributed by atoms with Crippen LogP contribution in [-0.4, -0.2) is 64.2 Å². The zero-order valence-electron chi connectivity index (χ0n) is 16.4. The smallest absolute Gasteiger partial charge is 0.270 e. The molecule has 1 aliphatic rings. The van der Waals surface area contributed by atoms with Crippen LogP contribution in [0.3, 0.4) is 0 Å². The number of amides is 1. The van der Waals surface area contributed by atoms with Crippen molar-refractivity contribution in [2.24, 2.45) is 13.0 Å². The minimum absolute atomic E-state index is 0.0928. The Hall–Kier alpha value is -1.85. The Morgan fingerprint density at radius 2 is 2.08 bits per heavy atom. The summed E-state index contributed by atoms with van der Waals surface area (Å²) in [5.41, 5.74) is 3.06. The third kappa shape index (κ3) is 3.64. The van der Waals surface area contributed by atoms with Gasteiger partial charge in [0, 0.05) is 51.3 Å².